The topological polar surface area (TPSA) is 162 Å². The summed E-state index contributed by atoms with van der Waals surface area (Å²) in [5.41, 5.74) is 0. The van der Waals surface area contributed by atoms with Crippen LogP contribution in [0, 0.1) is 0 Å². The molecule has 2 aromatic heterocycles. The van der Waals surface area contributed by atoms with Gasteiger partial charge in [0.2, 0.25) is 10.3 Å². The Morgan fingerprint density at radius 2 is 1.19 bits per heavy atom. The molecular weight excluding hydrogens is 468 g/mol. The molecule has 2 rings (SSSR count). The number of thioether (sulfide) groups is 1. The molecule has 0 aliphatic carbocycles. The predicted octanol–water partition coefficient (Wildman–Crippen LogP) is 0.911. The van der Waals surface area contributed by atoms with Gasteiger partial charge in [-0.25, -0.2) is 0 Å². The molecule has 0 spiro atoms. The Labute approximate surface area is 189 Å². The first-order valence-electron chi connectivity index (χ1n) is 8.90. The standard InChI is InChI=1S/C16H20N6O6S3/c1-9(23)27-7-11(25)17-15-21-19-13(30-15)3-5-29-6-4-14-20-22-16(31-14)18-12(26)8-28-10(2)24/h3-8H2,1-2H3,(H,17,21,25)(H,18,22,26). The molecule has 31 heavy (non-hydrogen) atoms. The number of amides is 2. The summed E-state index contributed by atoms with van der Waals surface area (Å²) in [6.07, 6.45) is 1.38. The van der Waals surface area contributed by atoms with Gasteiger partial charge in [0.05, 0.1) is 0 Å². The van der Waals surface area contributed by atoms with Gasteiger partial charge in [0.1, 0.15) is 10.0 Å². The molecule has 0 bridgehead atoms. The van der Waals surface area contributed by atoms with Gasteiger partial charge in [0, 0.05) is 26.7 Å². The van der Waals surface area contributed by atoms with E-state index in [4.69, 9.17) is 0 Å². The minimum atomic E-state index is -0.529. The maximum Gasteiger partial charge on any atom is 0.303 e. The number of aromatic nitrogens is 4. The number of hydrogen-bond donors (Lipinski definition) is 2. The SMILES string of the molecule is CC(=O)OCC(=O)Nc1nnc(CCSCCc2nnc(NC(=O)COC(C)=O)s2)s1. The highest BCUT2D eigenvalue weighted by atomic mass is 32.2. The molecule has 0 unspecified atom stereocenters. The average Bonchev–Trinajstić information content (AvgIpc) is 3.34. The number of esters is 2. The number of rotatable bonds is 12. The van der Waals surface area contributed by atoms with Crippen LogP contribution in [0.15, 0.2) is 0 Å². The second-order valence-corrected chi connectivity index (χ2v) is 9.12. The molecule has 0 aromatic carbocycles. The van der Waals surface area contributed by atoms with E-state index in [0.717, 1.165) is 21.5 Å². The summed E-state index contributed by atoms with van der Waals surface area (Å²) in [4.78, 5) is 44.5. The third kappa shape index (κ3) is 10.3. The minimum absolute atomic E-state index is 0.356. The molecule has 12 nitrogen and oxygen atoms in total. The van der Waals surface area contributed by atoms with Gasteiger partial charge in [0.15, 0.2) is 13.2 Å². The van der Waals surface area contributed by atoms with Crippen molar-refractivity contribution in [2.45, 2.75) is 26.7 Å². The van der Waals surface area contributed by atoms with Crippen LogP contribution in [0.2, 0.25) is 0 Å². The number of carbonyl (C=O) groups excluding carboxylic acids is 4. The van der Waals surface area contributed by atoms with Crippen molar-refractivity contribution in [1.29, 1.82) is 0 Å². The quantitative estimate of drug-likeness (QED) is 0.322. The van der Waals surface area contributed by atoms with Gasteiger partial charge < -0.3 is 9.47 Å². The van der Waals surface area contributed by atoms with E-state index in [1.165, 1.54) is 36.5 Å². The fraction of sp³-hybridized carbons (Fsp3) is 0.500. The van der Waals surface area contributed by atoms with Crippen LogP contribution in [-0.2, 0) is 41.5 Å². The number of nitrogens with one attached hydrogen (secondary N) is 2. The Bertz CT molecular complexity index is 845. The first-order valence-corrected chi connectivity index (χ1v) is 11.7. The molecule has 2 aromatic rings. The smallest absolute Gasteiger partial charge is 0.303 e. The Balaban J connectivity index is 1.61. The van der Waals surface area contributed by atoms with Crippen molar-refractivity contribution in [2.75, 3.05) is 35.4 Å². The fourth-order valence-corrected chi connectivity index (χ4v) is 4.53. The second-order valence-electron chi connectivity index (χ2n) is 5.77. The van der Waals surface area contributed by atoms with Gasteiger partial charge >= 0.3 is 11.9 Å². The fourth-order valence-electron chi connectivity index (χ4n) is 1.88. The van der Waals surface area contributed by atoms with Gasteiger partial charge in [-0.3, -0.25) is 29.8 Å². The van der Waals surface area contributed by atoms with Crippen molar-refractivity contribution in [1.82, 2.24) is 20.4 Å². The largest absolute Gasteiger partial charge is 0.456 e. The maximum atomic E-state index is 11.6. The zero-order valence-electron chi connectivity index (χ0n) is 16.7. The summed E-state index contributed by atoms with van der Waals surface area (Å²) in [6.45, 7) is 1.74. The molecule has 0 fully saturated rings. The summed E-state index contributed by atoms with van der Waals surface area (Å²) >= 11 is 4.23. The maximum absolute atomic E-state index is 11.6. The molecule has 0 saturated heterocycles. The van der Waals surface area contributed by atoms with Crippen LogP contribution in [0.1, 0.15) is 23.9 Å². The van der Waals surface area contributed by atoms with E-state index < -0.39 is 23.8 Å². The molecule has 0 atom stereocenters. The van der Waals surface area contributed by atoms with Crippen LogP contribution >= 0.6 is 34.4 Å². The number of ether oxygens (including phenoxy) is 2. The third-order valence-electron chi connectivity index (χ3n) is 3.16. The number of hydrogen-bond acceptors (Lipinski definition) is 13. The first-order chi connectivity index (χ1) is 14.8. The Morgan fingerprint density at radius 3 is 1.58 bits per heavy atom. The molecule has 2 N–H and O–H groups in total. The molecular formula is C16H20N6O6S3. The lowest BCUT2D eigenvalue weighted by atomic mass is 10.5. The van der Waals surface area contributed by atoms with Crippen LogP contribution in [0.25, 0.3) is 0 Å². The second kappa shape index (κ2) is 12.9. The summed E-state index contributed by atoms with van der Waals surface area (Å²) < 4.78 is 9.21. The highest BCUT2D eigenvalue weighted by Gasteiger charge is 2.11. The summed E-state index contributed by atoms with van der Waals surface area (Å²) in [5, 5.41) is 23.1. The van der Waals surface area contributed by atoms with Crippen molar-refractivity contribution in [2.24, 2.45) is 0 Å². The van der Waals surface area contributed by atoms with Crippen LogP contribution in [-0.4, -0.2) is 68.9 Å². The van der Waals surface area contributed by atoms with Crippen LogP contribution in [0.4, 0.5) is 10.3 Å². The van der Waals surface area contributed by atoms with Gasteiger partial charge in [-0.1, -0.05) is 22.7 Å². The molecule has 0 aliphatic rings. The molecule has 2 amide bonds. The van der Waals surface area contributed by atoms with E-state index in [0.29, 0.717) is 23.1 Å². The van der Waals surface area contributed by atoms with Gasteiger partial charge in [-0.05, 0) is 11.5 Å². The lowest BCUT2D eigenvalue weighted by molar-refractivity contribution is -0.145. The summed E-state index contributed by atoms with van der Waals surface area (Å²) in [5.74, 6) is -0.378. The van der Waals surface area contributed by atoms with Crippen LogP contribution < -0.4 is 10.6 Å². The minimum Gasteiger partial charge on any atom is -0.456 e. The Hall–Kier alpha value is -2.65. The molecule has 15 heteroatoms. The molecule has 2 heterocycles. The van der Waals surface area contributed by atoms with Gasteiger partial charge in [0.25, 0.3) is 11.8 Å². The average molecular weight is 489 g/mol. The molecule has 0 radical (unpaired) electrons. The van der Waals surface area contributed by atoms with Crippen LogP contribution in [0.3, 0.4) is 0 Å². The number of aryl methyl sites for hydroxylation is 2. The monoisotopic (exact) mass is 488 g/mol. The lowest BCUT2D eigenvalue weighted by Gasteiger charge is -2.00. The molecule has 0 saturated carbocycles. The first kappa shape index (κ1) is 24.6. The highest BCUT2D eigenvalue weighted by Crippen LogP contribution is 2.19. The van der Waals surface area contributed by atoms with E-state index in [1.54, 1.807) is 11.8 Å². The third-order valence-corrected chi connectivity index (χ3v) is 5.94. The molecule has 0 aliphatic heterocycles. The van der Waals surface area contributed by atoms with E-state index in [-0.39, 0.29) is 13.2 Å². The molecule has 168 valence electrons. The van der Waals surface area contributed by atoms with Crippen molar-refractivity contribution in [3.8, 4) is 0 Å². The number of nitrogens with zero attached hydrogens (tertiary/aromatic N) is 4. The van der Waals surface area contributed by atoms with Crippen molar-refractivity contribution < 1.29 is 28.7 Å². The Morgan fingerprint density at radius 1 is 0.774 bits per heavy atom. The van der Waals surface area contributed by atoms with Gasteiger partial charge in [-0.2, -0.15) is 11.8 Å². The van der Waals surface area contributed by atoms with E-state index in [1.807, 2.05) is 0 Å². The Kier molecular flexibility index (Phi) is 10.3. The van der Waals surface area contributed by atoms with E-state index in [9.17, 15) is 19.2 Å². The normalized spacial score (nSPS) is 10.4. The van der Waals surface area contributed by atoms with E-state index in [2.05, 4.69) is 40.5 Å². The van der Waals surface area contributed by atoms with E-state index >= 15 is 0 Å². The number of carbonyl (C=O) groups is 4. The summed E-state index contributed by atoms with van der Waals surface area (Å²) in [7, 11) is 0. The van der Waals surface area contributed by atoms with Crippen molar-refractivity contribution >= 4 is 68.5 Å². The van der Waals surface area contributed by atoms with Crippen molar-refractivity contribution in [3.05, 3.63) is 10.0 Å². The highest BCUT2D eigenvalue weighted by molar-refractivity contribution is 7.99. The zero-order chi connectivity index (χ0) is 22.6. The predicted molar refractivity (Wildman–Crippen MR) is 115 cm³/mol. The number of anilines is 2. The van der Waals surface area contributed by atoms with Crippen LogP contribution in [0.5, 0.6) is 0 Å². The lowest BCUT2D eigenvalue weighted by Crippen LogP contribution is -2.19. The van der Waals surface area contributed by atoms with Crippen molar-refractivity contribution in [3.63, 3.8) is 0 Å². The van der Waals surface area contributed by atoms with Gasteiger partial charge in [-0.15, -0.1) is 20.4 Å². The summed E-state index contributed by atoms with van der Waals surface area (Å²) in [6, 6.07) is 0. The zero-order valence-corrected chi connectivity index (χ0v) is 19.2.